The minimum Gasteiger partial charge on any atom is -0.403 e. The van der Waals surface area contributed by atoms with E-state index in [1.54, 1.807) is 0 Å². The summed E-state index contributed by atoms with van der Waals surface area (Å²) in [6, 6.07) is 30.4. The highest BCUT2D eigenvalue weighted by Crippen LogP contribution is 2.41. The van der Waals surface area contributed by atoms with Gasteiger partial charge in [0.1, 0.15) is 0 Å². The molecule has 4 heteroatoms. The van der Waals surface area contributed by atoms with E-state index in [0.29, 0.717) is 0 Å². The molecule has 0 radical (unpaired) electrons. The Morgan fingerprint density at radius 2 is 1.42 bits per heavy atom. The van der Waals surface area contributed by atoms with Crippen LogP contribution in [0.3, 0.4) is 0 Å². The Morgan fingerprint density at radius 1 is 0.848 bits per heavy atom. The Labute approximate surface area is 199 Å². The molecule has 0 bridgehead atoms. The van der Waals surface area contributed by atoms with E-state index >= 15 is 0 Å². The van der Waals surface area contributed by atoms with Gasteiger partial charge in [0.25, 0.3) is 8.32 Å². The minimum absolute atomic E-state index is 0.0252. The number of aliphatic hydroxyl groups excluding tert-OH is 1. The van der Waals surface area contributed by atoms with Crippen LogP contribution in [-0.4, -0.2) is 43.6 Å². The summed E-state index contributed by atoms with van der Waals surface area (Å²) in [6.07, 6.45) is 1.55. The number of benzene rings is 3. The maximum Gasteiger partial charge on any atom is 0.261 e. The number of hydrogen-bond donors (Lipinski definition) is 1. The standard InChI is InChI=1S/C29H35NO2Si/c1-29(2,3)33(24-13-6-4-7-14-24,25-15-8-5-9-16-25)32-23-18-19-30(21-23)28-26-17-11-10-12-22(26)20-27(28)31/h4-17,23,27-28,31H,18-21H2,1-3H3/t23-,27-,28-/m1/s1. The molecule has 1 aliphatic carbocycles. The lowest BCUT2D eigenvalue weighted by Crippen LogP contribution is -2.67. The van der Waals surface area contributed by atoms with Gasteiger partial charge in [-0.15, -0.1) is 0 Å². The third kappa shape index (κ3) is 3.99. The topological polar surface area (TPSA) is 32.7 Å². The van der Waals surface area contributed by atoms with E-state index in [-0.39, 0.29) is 23.3 Å². The Bertz CT molecular complexity index is 1040. The van der Waals surface area contributed by atoms with Crippen LogP contribution in [0.4, 0.5) is 0 Å². The van der Waals surface area contributed by atoms with Crippen molar-refractivity contribution in [3.05, 3.63) is 96.1 Å². The van der Waals surface area contributed by atoms with Crippen LogP contribution < -0.4 is 10.4 Å². The van der Waals surface area contributed by atoms with Crippen molar-refractivity contribution in [1.29, 1.82) is 0 Å². The van der Waals surface area contributed by atoms with E-state index in [4.69, 9.17) is 4.43 Å². The molecule has 172 valence electrons. The van der Waals surface area contributed by atoms with Gasteiger partial charge in [0, 0.05) is 19.5 Å². The Kier molecular flexibility index (Phi) is 6.04. The summed E-state index contributed by atoms with van der Waals surface area (Å²) in [4.78, 5) is 2.46. The van der Waals surface area contributed by atoms with E-state index in [9.17, 15) is 5.11 Å². The molecular weight excluding hydrogens is 422 g/mol. The molecule has 1 aliphatic heterocycles. The van der Waals surface area contributed by atoms with E-state index < -0.39 is 8.32 Å². The molecule has 3 nitrogen and oxygen atoms in total. The number of hydrogen-bond acceptors (Lipinski definition) is 3. The van der Waals surface area contributed by atoms with E-state index in [1.807, 2.05) is 0 Å². The zero-order valence-corrected chi connectivity index (χ0v) is 20.9. The lowest BCUT2D eigenvalue weighted by molar-refractivity contribution is 0.0672. The predicted octanol–water partition coefficient (Wildman–Crippen LogP) is 4.30. The van der Waals surface area contributed by atoms with Gasteiger partial charge in [-0.05, 0) is 33.0 Å². The van der Waals surface area contributed by atoms with Crippen LogP contribution in [0, 0.1) is 0 Å². The first kappa shape index (κ1) is 22.5. The Balaban J connectivity index is 1.48. The first-order valence-corrected chi connectivity index (χ1v) is 14.1. The molecule has 0 spiro atoms. The number of fused-ring (bicyclic) bond motifs is 1. The molecule has 1 fully saturated rings. The fourth-order valence-electron chi connectivity index (χ4n) is 6.04. The lowest BCUT2D eigenvalue weighted by atomic mass is 10.1. The van der Waals surface area contributed by atoms with Crippen molar-refractivity contribution >= 4 is 18.7 Å². The second kappa shape index (κ2) is 8.84. The molecule has 0 aromatic heterocycles. The maximum atomic E-state index is 10.9. The molecule has 5 rings (SSSR count). The highest BCUT2D eigenvalue weighted by Gasteiger charge is 2.52. The van der Waals surface area contributed by atoms with Gasteiger partial charge >= 0.3 is 0 Å². The van der Waals surface area contributed by atoms with Crippen LogP contribution in [0.1, 0.15) is 44.4 Å². The smallest absolute Gasteiger partial charge is 0.261 e. The summed E-state index contributed by atoms with van der Waals surface area (Å²) in [6.45, 7) is 8.83. The molecule has 33 heavy (non-hydrogen) atoms. The summed E-state index contributed by atoms with van der Waals surface area (Å²) in [5, 5.41) is 13.5. The molecule has 3 aromatic carbocycles. The lowest BCUT2D eigenvalue weighted by Gasteiger charge is -2.44. The first-order chi connectivity index (χ1) is 15.9. The maximum absolute atomic E-state index is 10.9. The van der Waals surface area contributed by atoms with Gasteiger partial charge in [-0.1, -0.05) is 106 Å². The number of aliphatic hydroxyl groups is 1. The number of rotatable bonds is 5. The second-order valence-electron chi connectivity index (χ2n) is 10.6. The highest BCUT2D eigenvalue weighted by atomic mass is 28.4. The van der Waals surface area contributed by atoms with Gasteiger partial charge in [-0.3, -0.25) is 4.90 Å². The van der Waals surface area contributed by atoms with Gasteiger partial charge in [0.2, 0.25) is 0 Å². The van der Waals surface area contributed by atoms with E-state index in [2.05, 4.69) is 111 Å². The van der Waals surface area contributed by atoms with Crippen LogP contribution in [0.2, 0.25) is 5.04 Å². The van der Waals surface area contributed by atoms with Crippen LogP contribution in [0.25, 0.3) is 0 Å². The summed E-state index contributed by atoms with van der Waals surface area (Å²) in [5.41, 5.74) is 2.57. The van der Waals surface area contributed by atoms with E-state index in [1.165, 1.54) is 21.5 Å². The number of likely N-dealkylation sites (tertiary alicyclic amines) is 1. The highest BCUT2D eigenvalue weighted by molar-refractivity contribution is 6.99. The molecule has 0 saturated carbocycles. The average Bonchev–Trinajstić information content (AvgIpc) is 3.40. The molecule has 0 amide bonds. The summed E-state index contributed by atoms with van der Waals surface area (Å²) < 4.78 is 7.36. The number of nitrogens with zero attached hydrogens (tertiary/aromatic N) is 1. The monoisotopic (exact) mass is 457 g/mol. The van der Waals surface area contributed by atoms with Gasteiger partial charge in [-0.25, -0.2) is 0 Å². The van der Waals surface area contributed by atoms with Crippen LogP contribution in [0.5, 0.6) is 0 Å². The molecule has 2 aliphatic rings. The zero-order chi connectivity index (χ0) is 23.1. The zero-order valence-electron chi connectivity index (χ0n) is 19.9. The summed E-state index contributed by atoms with van der Waals surface area (Å²) >= 11 is 0. The predicted molar refractivity (Wildman–Crippen MR) is 138 cm³/mol. The van der Waals surface area contributed by atoms with Crippen molar-refractivity contribution in [3.63, 3.8) is 0 Å². The van der Waals surface area contributed by atoms with Gasteiger partial charge in [0.05, 0.1) is 18.2 Å². The van der Waals surface area contributed by atoms with Crippen LogP contribution >= 0.6 is 0 Å². The van der Waals surface area contributed by atoms with Gasteiger partial charge in [-0.2, -0.15) is 0 Å². The molecule has 1 N–H and O–H groups in total. The largest absolute Gasteiger partial charge is 0.403 e. The van der Waals surface area contributed by atoms with Crippen molar-refractivity contribution in [2.24, 2.45) is 0 Å². The molecule has 3 atom stereocenters. The summed E-state index contributed by atoms with van der Waals surface area (Å²) in [5.74, 6) is 0. The summed E-state index contributed by atoms with van der Waals surface area (Å²) in [7, 11) is -2.56. The second-order valence-corrected chi connectivity index (χ2v) is 14.9. The molecule has 0 unspecified atom stereocenters. The SMILES string of the molecule is CC(C)(C)[Si](O[C@@H]1CCN([C@@H]2c3ccccc3C[C@H]2O)C1)(c1ccccc1)c1ccccc1. The van der Waals surface area contributed by atoms with Crippen LogP contribution in [0.15, 0.2) is 84.9 Å². The van der Waals surface area contributed by atoms with Crippen molar-refractivity contribution < 1.29 is 9.53 Å². The van der Waals surface area contributed by atoms with Crippen molar-refractivity contribution in [2.45, 2.75) is 56.9 Å². The van der Waals surface area contributed by atoms with Crippen molar-refractivity contribution in [3.8, 4) is 0 Å². The minimum atomic E-state index is -2.56. The average molecular weight is 458 g/mol. The fourth-order valence-corrected chi connectivity index (χ4v) is 10.7. The normalized spacial score (nSPS) is 23.6. The molecular formula is C29H35NO2Si. The molecule has 3 aromatic rings. The Morgan fingerprint density at radius 3 is 2.03 bits per heavy atom. The van der Waals surface area contributed by atoms with E-state index in [0.717, 1.165) is 25.9 Å². The van der Waals surface area contributed by atoms with Gasteiger partial charge < -0.3 is 9.53 Å². The quantitative estimate of drug-likeness (QED) is 0.580. The molecule has 1 heterocycles. The van der Waals surface area contributed by atoms with Crippen molar-refractivity contribution in [1.82, 2.24) is 4.90 Å². The third-order valence-electron chi connectivity index (χ3n) is 7.50. The Hall–Kier alpha value is -2.24. The fraction of sp³-hybridized carbons (Fsp3) is 0.379. The molecule has 1 saturated heterocycles. The van der Waals surface area contributed by atoms with Crippen molar-refractivity contribution in [2.75, 3.05) is 13.1 Å². The van der Waals surface area contributed by atoms with Crippen LogP contribution in [-0.2, 0) is 10.8 Å². The third-order valence-corrected chi connectivity index (χ3v) is 12.6. The van der Waals surface area contributed by atoms with Gasteiger partial charge in [0.15, 0.2) is 0 Å². The first-order valence-electron chi connectivity index (χ1n) is 12.2.